The minimum atomic E-state index is 0.450. The summed E-state index contributed by atoms with van der Waals surface area (Å²) < 4.78 is 5.18. The van der Waals surface area contributed by atoms with E-state index >= 15 is 0 Å². The average molecular weight is 253 g/mol. The molecule has 0 saturated heterocycles. The normalized spacial score (nSPS) is 19.4. The van der Waals surface area contributed by atoms with Crippen molar-refractivity contribution in [2.75, 3.05) is 12.3 Å². The number of hydrogen-bond acceptors (Lipinski definition) is 3. The van der Waals surface area contributed by atoms with Gasteiger partial charge in [-0.15, -0.1) is 0 Å². The number of thioether (sulfide) groups is 1. The minimum Gasteiger partial charge on any atom is -0.472 e. The zero-order chi connectivity index (χ0) is 11.9. The largest absolute Gasteiger partial charge is 0.472 e. The molecule has 0 aliphatic heterocycles. The van der Waals surface area contributed by atoms with Gasteiger partial charge in [-0.05, 0) is 25.5 Å². The quantitative estimate of drug-likeness (QED) is 0.829. The van der Waals surface area contributed by atoms with Crippen molar-refractivity contribution < 1.29 is 4.42 Å². The summed E-state index contributed by atoms with van der Waals surface area (Å²) in [6, 6.07) is 2.53. The van der Waals surface area contributed by atoms with E-state index in [2.05, 4.69) is 30.1 Å². The third-order valence-electron chi connectivity index (χ3n) is 3.45. The number of furan rings is 1. The number of hydrogen-bond donors (Lipinski definition) is 1. The first-order valence-electron chi connectivity index (χ1n) is 6.77. The predicted octanol–water partition coefficient (Wildman–Crippen LogP) is 4.00. The molecule has 0 aromatic carbocycles. The highest BCUT2D eigenvalue weighted by Crippen LogP contribution is 2.31. The van der Waals surface area contributed by atoms with E-state index in [1.54, 1.807) is 6.26 Å². The minimum absolute atomic E-state index is 0.450. The molecule has 1 aliphatic rings. The van der Waals surface area contributed by atoms with E-state index < -0.39 is 0 Å². The molecule has 2 nitrogen and oxygen atoms in total. The smallest absolute Gasteiger partial charge is 0.0950 e. The Morgan fingerprint density at radius 2 is 2.24 bits per heavy atom. The van der Waals surface area contributed by atoms with Crippen molar-refractivity contribution in [2.45, 2.75) is 50.3 Å². The van der Waals surface area contributed by atoms with Gasteiger partial charge < -0.3 is 9.73 Å². The second-order valence-corrected chi connectivity index (χ2v) is 6.09. The molecule has 17 heavy (non-hydrogen) atoms. The van der Waals surface area contributed by atoms with Gasteiger partial charge >= 0.3 is 0 Å². The third-order valence-corrected chi connectivity index (χ3v) is 4.92. The topological polar surface area (TPSA) is 25.2 Å². The highest BCUT2D eigenvalue weighted by Gasteiger charge is 2.17. The molecule has 1 unspecified atom stereocenters. The molecule has 1 aliphatic carbocycles. The van der Waals surface area contributed by atoms with E-state index in [0.29, 0.717) is 6.04 Å². The predicted molar refractivity (Wildman–Crippen MR) is 74.5 cm³/mol. The van der Waals surface area contributed by atoms with Crippen LogP contribution < -0.4 is 5.32 Å². The Morgan fingerprint density at radius 3 is 2.88 bits per heavy atom. The molecule has 1 fully saturated rings. The van der Waals surface area contributed by atoms with Crippen molar-refractivity contribution in [1.29, 1.82) is 0 Å². The summed E-state index contributed by atoms with van der Waals surface area (Å²) in [5.74, 6) is 1.16. The molecule has 1 atom stereocenters. The molecule has 1 aromatic heterocycles. The van der Waals surface area contributed by atoms with Gasteiger partial charge in [-0.2, -0.15) is 11.8 Å². The Kier molecular flexibility index (Phi) is 5.46. The number of nitrogens with one attached hydrogen (secondary N) is 1. The molecule has 1 heterocycles. The first-order valence-corrected chi connectivity index (χ1v) is 7.82. The number of rotatable bonds is 6. The summed E-state index contributed by atoms with van der Waals surface area (Å²) >= 11 is 2.14. The van der Waals surface area contributed by atoms with Crippen molar-refractivity contribution in [1.82, 2.24) is 5.32 Å². The Morgan fingerprint density at radius 1 is 1.41 bits per heavy atom. The Balaban J connectivity index is 1.81. The summed E-state index contributed by atoms with van der Waals surface area (Å²) in [6.45, 7) is 3.18. The van der Waals surface area contributed by atoms with Crippen LogP contribution in [0.25, 0.3) is 0 Å². The first-order chi connectivity index (χ1) is 8.40. The fraction of sp³-hybridized carbons (Fsp3) is 0.714. The second-order valence-electron chi connectivity index (χ2n) is 4.76. The van der Waals surface area contributed by atoms with Crippen molar-refractivity contribution in [3.63, 3.8) is 0 Å². The summed E-state index contributed by atoms with van der Waals surface area (Å²) in [5, 5.41) is 4.43. The highest BCUT2D eigenvalue weighted by molar-refractivity contribution is 7.99. The molecule has 1 saturated carbocycles. The molecular weight excluding hydrogens is 230 g/mol. The standard InChI is InChI=1S/C14H23NOS/c1-2-15-14(12-8-9-16-10-12)11-17-13-6-4-3-5-7-13/h8-10,13-15H,2-7,11H2,1H3. The Hall–Kier alpha value is -0.410. The van der Waals surface area contributed by atoms with E-state index in [-0.39, 0.29) is 0 Å². The van der Waals surface area contributed by atoms with Crippen molar-refractivity contribution >= 4 is 11.8 Å². The maximum absolute atomic E-state index is 5.18. The lowest BCUT2D eigenvalue weighted by Crippen LogP contribution is -2.24. The first kappa shape index (κ1) is 13.0. The summed E-state index contributed by atoms with van der Waals surface area (Å²) in [7, 11) is 0. The van der Waals surface area contributed by atoms with Gasteiger partial charge in [-0.3, -0.25) is 0 Å². The zero-order valence-electron chi connectivity index (χ0n) is 10.7. The average Bonchev–Trinajstić information content (AvgIpc) is 2.89. The molecule has 3 heteroatoms. The molecule has 0 radical (unpaired) electrons. The van der Waals surface area contributed by atoms with Gasteiger partial charge in [-0.25, -0.2) is 0 Å². The zero-order valence-corrected chi connectivity index (χ0v) is 11.5. The van der Waals surface area contributed by atoms with Crippen LogP contribution in [0.3, 0.4) is 0 Å². The van der Waals surface area contributed by atoms with Crippen LogP contribution in [0.1, 0.15) is 50.6 Å². The van der Waals surface area contributed by atoms with Gasteiger partial charge in [0.05, 0.1) is 12.5 Å². The van der Waals surface area contributed by atoms with E-state index in [4.69, 9.17) is 4.42 Å². The monoisotopic (exact) mass is 253 g/mol. The van der Waals surface area contributed by atoms with Gasteiger partial charge in [-0.1, -0.05) is 26.2 Å². The second kappa shape index (κ2) is 7.12. The lowest BCUT2D eigenvalue weighted by molar-refractivity contribution is 0.513. The highest BCUT2D eigenvalue weighted by atomic mass is 32.2. The third kappa shape index (κ3) is 4.07. The summed E-state index contributed by atoms with van der Waals surface area (Å²) in [6.07, 6.45) is 10.8. The van der Waals surface area contributed by atoms with Gasteiger partial charge in [0.1, 0.15) is 0 Å². The van der Waals surface area contributed by atoms with Crippen LogP contribution in [-0.4, -0.2) is 17.5 Å². The molecular formula is C14H23NOS. The maximum Gasteiger partial charge on any atom is 0.0950 e. The van der Waals surface area contributed by atoms with Gasteiger partial charge in [0.2, 0.25) is 0 Å². The van der Waals surface area contributed by atoms with E-state index in [1.165, 1.54) is 37.7 Å². The van der Waals surface area contributed by atoms with Crippen LogP contribution in [0.4, 0.5) is 0 Å². The van der Waals surface area contributed by atoms with E-state index in [0.717, 1.165) is 17.5 Å². The van der Waals surface area contributed by atoms with Gasteiger partial charge in [0.25, 0.3) is 0 Å². The SMILES string of the molecule is CCNC(CSC1CCCCC1)c1ccoc1. The maximum atomic E-state index is 5.18. The van der Waals surface area contributed by atoms with Crippen molar-refractivity contribution in [3.8, 4) is 0 Å². The fourth-order valence-electron chi connectivity index (χ4n) is 2.46. The van der Waals surface area contributed by atoms with Crippen molar-refractivity contribution in [3.05, 3.63) is 24.2 Å². The van der Waals surface area contributed by atoms with Crippen LogP contribution in [-0.2, 0) is 0 Å². The Bertz CT molecular complexity index is 293. The lowest BCUT2D eigenvalue weighted by Gasteiger charge is -2.24. The Labute approximate surface area is 109 Å². The molecule has 0 spiro atoms. The van der Waals surface area contributed by atoms with Crippen LogP contribution in [0.5, 0.6) is 0 Å². The molecule has 1 aromatic rings. The molecule has 0 amide bonds. The molecule has 96 valence electrons. The molecule has 0 bridgehead atoms. The molecule has 2 rings (SSSR count). The van der Waals surface area contributed by atoms with Crippen LogP contribution >= 0.6 is 11.8 Å². The van der Waals surface area contributed by atoms with Crippen LogP contribution in [0, 0.1) is 0 Å². The van der Waals surface area contributed by atoms with Crippen LogP contribution in [0.15, 0.2) is 23.0 Å². The summed E-state index contributed by atoms with van der Waals surface area (Å²) in [4.78, 5) is 0. The van der Waals surface area contributed by atoms with E-state index in [1.807, 2.05) is 6.26 Å². The fourth-order valence-corrected chi connectivity index (χ4v) is 3.90. The van der Waals surface area contributed by atoms with Gasteiger partial charge in [0.15, 0.2) is 0 Å². The molecule has 1 N–H and O–H groups in total. The summed E-state index contributed by atoms with van der Waals surface area (Å²) in [5.41, 5.74) is 1.29. The van der Waals surface area contributed by atoms with E-state index in [9.17, 15) is 0 Å². The lowest BCUT2D eigenvalue weighted by atomic mass is 10.0. The van der Waals surface area contributed by atoms with Crippen LogP contribution in [0.2, 0.25) is 0 Å². The van der Waals surface area contributed by atoms with Gasteiger partial charge in [0, 0.05) is 22.6 Å². The van der Waals surface area contributed by atoms with Crippen molar-refractivity contribution in [2.24, 2.45) is 0 Å².